The first-order chi connectivity index (χ1) is 12.9. The Hall–Kier alpha value is -2.18. The molecule has 0 aliphatic heterocycles. The number of rotatable bonds is 8. The van der Waals surface area contributed by atoms with Gasteiger partial charge >= 0.3 is 0 Å². The average molecular weight is 386 g/mol. The molecule has 1 aliphatic carbocycles. The van der Waals surface area contributed by atoms with E-state index in [1.165, 1.54) is 11.3 Å². The molecule has 1 aromatic heterocycles. The molecule has 0 spiro atoms. The number of nitrogens with two attached hydrogens (primary N) is 1. The molecule has 1 heterocycles. The van der Waals surface area contributed by atoms with Gasteiger partial charge in [-0.05, 0) is 53.9 Å². The largest absolute Gasteiger partial charge is 0.338 e. The van der Waals surface area contributed by atoms with Crippen LogP contribution in [-0.4, -0.2) is 29.8 Å². The summed E-state index contributed by atoms with van der Waals surface area (Å²) in [4.78, 5) is 27.6. The highest BCUT2D eigenvalue weighted by Crippen LogP contribution is 2.32. The number of hydrogen-bond acceptors (Lipinski definition) is 4. The van der Waals surface area contributed by atoms with Gasteiger partial charge in [-0.15, -0.1) is 11.3 Å². The molecule has 6 heteroatoms. The zero-order chi connectivity index (χ0) is 19.4. The van der Waals surface area contributed by atoms with Crippen LogP contribution in [-0.2, 0) is 11.3 Å². The van der Waals surface area contributed by atoms with Crippen molar-refractivity contribution in [1.82, 2.24) is 4.90 Å². The van der Waals surface area contributed by atoms with Crippen LogP contribution < -0.4 is 11.1 Å². The Kier molecular flexibility index (Phi) is 5.97. The number of hydrogen-bond donors (Lipinski definition) is 2. The number of benzene rings is 1. The molecule has 1 fully saturated rings. The third-order valence-electron chi connectivity index (χ3n) is 4.71. The van der Waals surface area contributed by atoms with Crippen LogP contribution in [0.1, 0.15) is 41.9 Å². The van der Waals surface area contributed by atoms with E-state index in [9.17, 15) is 9.59 Å². The lowest BCUT2D eigenvalue weighted by molar-refractivity contribution is -0.134. The lowest BCUT2D eigenvalue weighted by Gasteiger charge is -2.32. The van der Waals surface area contributed by atoms with Crippen molar-refractivity contribution in [1.29, 1.82) is 0 Å². The van der Waals surface area contributed by atoms with E-state index in [0.717, 1.165) is 24.1 Å². The van der Waals surface area contributed by atoms with Gasteiger partial charge in [-0.1, -0.05) is 32.0 Å². The number of nitrogens with one attached hydrogen (secondary N) is 1. The summed E-state index contributed by atoms with van der Waals surface area (Å²) in [5, 5.41) is 4.81. The molecule has 1 aliphatic rings. The van der Waals surface area contributed by atoms with Crippen LogP contribution in [0.25, 0.3) is 0 Å². The number of anilines is 1. The lowest BCUT2D eigenvalue weighted by Crippen LogP contribution is -2.42. The van der Waals surface area contributed by atoms with Gasteiger partial charge in [-0.25, -0.2) is 0 Å². The van der Waals surface area contributed by atoms with Crippen LogP contribution in [0.15, 0.2) is 41.8 Å². The quantitative estimate of drug-likeness (QED) is 0.727. The van der Waals surface area contributed by atoms with E-state index in [4.69, 9.17) is 5.73 Å². The summed E-state index contributed by atoms with van der Waals surface area (Å²) in [6.45, 7) is 5.85. The van der Waals surface area contributed by atoms with Crippen molar-refractivity contribution in [2.45, 2.75) is 33.2 Å². The van der Waals surface area contributed by atoms with Crippen molar-refractivity contribution < 1.29 is 9.59 Å². The molecule has 0 saturated heterocycles. The second kappa shape index (κ2) is 8.23. The van der Waals surface area contributed by atoms with Crippen LogP contribution >= 0.6 is 11.3 Å². The predicted molar refractivity (Wildman–Crippen MR) is 110 cm³/mol. The second-order valence-corrected chi connectivity index (χ2v) is 8.92. The molecule has 3 N–H and O–H groups in total. The fraction of sp³-hybridized carbons (Fsp3) is 0.429. The zero-order valence-corrected chi connectivity index (χ0v) is 16.7. The van der Waals surface area contributed by atoms with E-state index in [1.54, 1.807) is 6.07 Å². The van der Waals surface area contributed by atoms with Gasteiger partial charge in [0.2, 0.25) is 5.91 Å². The highest BCUT2D eigenvalue weighted by molar-refractivity contribution is 7.12. The number of thiophene rings is 1. The third kappa shape index (κ3) is 5.40. The molecule has 0 atom stereocenters. The van der Waals surface area contributed by atoms with Crippen molar-refractivity contribution in [2.75, 3.05) is 18.4 Å². The van der Waals surface area contributed by atoms with E-state index >= 15 is 0 Å². The monoisotopic (exact) mass is 385 g/mol. The molecule has 5 nitrogen and oxygen atoms in total. The third-order valence-corrected chi connectivity index (χ3v) is 5.58. The topological polar surface area (TPSA) is 75.4 Å². The van der Waals surface area contributed by atoms with E-state index in [-0.39, 0.29) is 23.1 Å². The van der Waals surface area contributed by atoms with Gasteiger partial charge in [-0.3, -0.25) is 9.59 Å². The normalized spacial score (nSPS) is 14.0. The minimum absolute atomic E-state index is 0.114. The van der Waals surface area contributed by atoms with E-state index < -0.39 is 0 Å². The molecule has 2 amide bonds. The smallest absolute Gasteiger partial charge is 0.265 e. The maximum Gasteiger partial charge on any atom is 0.265 e. The molecule has 2 aromatic rings. The Bertz CT molecular complexity index is 798. The Balaban J connectivity index is 1.71. The summed E-state index contributed by atoms with van der Waals surface area (Å²) in [6.07, 6.45) is 1.96. The van der Waals surface area contributed by atoms with Gasteiger partial charge in [0.15, 0.2) is 0 Å². The summed E-state index contributed by atoms with van der Waals surface area (Å²) >= 11 is 1.41. The van der Waals surface area contributed by atoms with E-state index in [0.29, 0.717) is 24.5 Å². The maximum absolute atomic E-state index is 12.7. The van der Waals surface area contributed by atoms with Crippen LogP contribution in [0.5, 0.6) is 0 Å². The molecular weight excluding hydrogens is 358 g/mol. The summed E-state index contributed by atoms with van der Waals surface area (Å²) in [7, 11) is 0. The van der Waals surface area contributed by atoms with Crippen LogP contribution in [0, 0.1) is 11.3 Å². The minimum Gasteiger partial charge on any atom is -0.338 e. The van der Waals surface area contributed by atoms with Crippen molar-refractivity contribution in [3.8, 4) is 0 Å². The molecule has 0 unspecified atom stereocenters. The van der Waals surface area contributed by atoms with Gasteiger partial charge in [0.25, 0.3) is 5.91 Å². The summed E-state index contributed by atoms with van der Waals surface area (Å²) in [5.41, 5.74) is 7.49. The molecule has 1 saturated carbocycles. The first-order valence-corrected chi connectivity index (χ1v) is 10.2. The first-order valence-electron chi connectivity index (χ1n) is 9.30. The lowest BCUT2D eigenvalue weighted by atomic mass is 9.92. The highest BCUT2D eigenvalue weighted by Gasteiger charge is 2.35. The number of amides is 2. The highest BCUT2D eigenvalue weighted by atomic mass is 32.1. The maximum atomic E-state index is 12.7. The molecule has 144 valence electrons. The SMILES string of the molecule is CC(C)(CN)CN(Cc1cccc(NC(=O)c2cccs2)c1)C(=O)C1CC1. The number of carbonyl (C=O) groups is 2. The Labute approximate surface area is 164 Å². The summed E-state index contributed by atoms with van der Waals surface area (Å²) < 4.78 is 0. The van der Waals surface area contributed by atoms with Crippen LogP contribution in [0.2, 0.25) is 0 Å². The van der Waals surface area contributed by atoms with Gasteiger partial charge in [0.05, 0.1) is 4.88 Å². The zero-order valence-electron chi connectivity index (χ0n) is 15.9. The summed E-state index contributed by atoms with van der Waals surface area (Å²) in [6, 6.07) is 11.4. The second-order valence-electron chi connectivity index (χ2n) is 7.97. The van der Waals surface area contributed by atoms with E-state index in [2.05, 4.69) is 19.2 Å². The molecule has 0 bridgehead atoms. The molecule has 27 heavy (non-hydrogen) atoms. The standard InChI is InChI=1S/C21H27N3O2S/c1-21(2,13-22)14-24(20(26)16-8-9-16)12-15-5-3-6-17(11-15)23-19(25)18-7-4-10-27-18/h3-7,10-11,16H,8-9,12-14,22H2,1-2H3,(H,23,25). The fourth-order valence-electron chi connectivity index (χ4n) is 2.95. The molecular formula is C21H27N3O2S. The van der Waals surface area contributed by atoms with Crippen LogP contribution in [0.3, 0.4) is 0 Å². The first kappa shape index (κ1) is 19.6. The van der Waals surface area contributed by atoms with Gasteiger partial charge in [0.1, 0.15) is 0 Å². The van der Waals surface area contributed by atoms with Crippen molar-refractivity contribution in [2.24, 2.45) is 17.1 Å². The van der Waals surface area contributed by atoms with Gasteiger partial charge < -0.3 is 16.0 Å². The Morgan fingerprint density at radius 3 is 2.67 bits per heavy atom. The van der Waals surface area contributed by atoms with E-state index in [1.807, 2.05) is 40.6 Å². The van der Waals surface area contributed by atoms with Gasteiger partial charge in [-0.2, -0.15) is 0 Å². The van der Waals surface area contributed by atoms with Crippen LogP contribution in [0.4, 0.5) is 5.69 Å². The minimum atomic E-state index is -0.129. The molecule has 1 aromatic carbocycles. The Morgan fingerprint density at radius 1 is 1.26 bits per heavy atom. The van der Waals surface area contributed by atoms with Crippen molar-refractivity contribution >= 4 is 28.8 Å². The van der Waals surface area contributed by atoms with Crippen molar-refractivity contribution in [3.05, 3.63) is 52.2 Å². The predicted octanol–water partition coefficient (Wildman–Crippen LogP) is 3.72. The Morgan fingerprint density at radius 2 is 2.04 bits per heavy atom. The summed E-state index contributed by atoms with van der Waals surface area (Å²) in [5.74, 6) is 0.266. The fourth-order valence-corrected chi connectivity index (χ4v) is 3.57. The molecule has 3 rings (SSSR count). The van der Waals surface area contributed by atoms with Crippen molar-refractivity contribution in [3.63, 3.8) is 0 Å². The van der Waals surface area contributed by atoms with Gasteiger partial charge in [0, 0.05) is 24.7 Å². The average Bonchev–Trinajstić information content (AvgIpc) is 3.34. The molecule has 0 radical (unpaired) electrons. The number of carbonyl (C=O) groups excluding carboxylic acids is 2. The number of nitrogens with zero attached hydrogens (tertiary/aromatic N) is 1.